The summed E-state index contributed by atoms with van der Waals surface area (Å²) in [5, 5.41) is -0.603. The number of ether oxygens (including phenoxy) is 1. The van der Waals surface area contributed by atoms with Crippen molar-refractivity contribution in [1.29, 1.82) is 0 Å². The number of rotatable bonds is 6. The van der Waals surface area contributed by atoms with Crippen LogP contribution in [0.4, 0.5) is 0 Å². The summed E-state index contributed by atoms with van der Waals surface area (Å²) in [5.41, 5.74) is 6.02. The van der Waals surface area contributed by atoms with Crippen LogP contribution in [-0.2, 0) is 14.6 Å². The first-order valence-corrected chi connectivity index (χ1v) is 9.48. The molecule has 2 N–H and O–H groups in total. The van der Waals surface area contributed by atoms with Crippen LogP contribution in [0.2, 0.25) is 0 Å². The monoisotopic (exact) mass is 391 g/mol. The van der Waals surface area contributed by atoms with Crippen LogP contribution in [-0.4, -0.2) is 38.1 Å². The second kappa shape index (κ2) is 5.95. The lowest BCUT2D eigenvalue weighted by Crippen LogP contribution is -2.33. The van der Waals surface area contributed by atoms with Crippen molar-refractivity contribution in [2.45, 2.75) is 18.1 Å². The standard InChI is InChI=1S/C14H18BrNO3S2/c1-3-21(17,18)12-11(9-4-6-10(15)7-5-9)14(12,8-19-2)13(16)20/h4-7,11-12H,3,8H2,1-2H3,(H2,16,20)/t11-,12+,14-/m0/s1. The molecule has 1 aliphatic rings. The van der Waals surface area contributed by atoms with E-state index in [0.717, 1.165) is 10.0 Å². The summed E-state index contributed by atoms with van der Waals surface area (Å²) in [6.07, 6.45) is 0. The molecule has 1 fully saturated rings. The minimum absolute atomic E-state index is 0.0682. The lowest BCUT2D eigenvalue weighted by molar-refractivity contribution is 0.166. The summed E-state index contributed by atoms with van der Waals surface area (Å²) in [6.45, 7) is 1.86. The summed E-state index contributed by atoms with van der Waals surface area (Å²) in [4.78, 5) is 0.208. The molecule has 1 saturated carbocycles. The first-order chi connectivity index (χ1) is 9.81. The van der Waals surface area contributed by atoms with Crippen LogP contribution in [0.25, 0.3) is 0 Å². The van der Waals surface area contributed by atoms with E-state index in [-0.39, 0.29) is 23.3 Å². The average molecular weight is 392 g/mol. The second-order valence-corrected chi connectivity index (χ2v) is 9.01. The molecule has 116 valence electrons. The maximum Gasteiger partial charge on any atom is 0.154 e. The zero-order valence-corrected chi connectivity index (χ0v) is 15.1. The highest BCUT2D eigenvalue weighted by atomic mass is 79.9. The van der Waals surface area contributed by atoms with Crippen LogP contribution >= 0.6 is 28.1 Å². The van der Waals surface area contributed by atoms with Crippen LogP contribution in [0, 0.1) is 5.41 Å². The molecule has 1 aromatic carbocycles. The smallest absolute Gasteiger partial charge is 0.154 e. The van der Waals surface area contributed by atoms with Crippen molar-refractivity contribution in [2.75, 3.05) is 19.5 Å². The van der Waals surface area contributed by atoms with E-state index in [1.807, 2.05) is 24.3 Å². The number of methoxy groups -OCH3 is 1. The van der Waals surface area contributed by atoms with Gasteiger partial charge in [0.15, 0.2) is 9.84 Å². The summed E-state index contributed by atoms with van der Waals surface area (Å²) >= 11 is 8.56. The second-order valence-electron chi connectivity index (χ2n) is 5.24. The van der Waals surface area contributed by atoms with Crippen molar-refractivity contribution in [1.82, 2.24) is 0 Å². The third kappa shape index (κ3) is 2.76. The minimum atomic E-state index is -3.27. The Morgan fingerprint density at radius 2 is 2.00 bits per heavy atom. The summed E-state index contributed by atoms with van der Waals surface area (Å²) in [5.74, 6) is -0.174. The fourth-order valence-electron chi connectivity index (χ4n) is 3.03. The first-order valence-electron chi connectivity index (χ1n) is 6.57. The molecule has 21 heavy (non-hydrogen) atoms. The van der Waals surface area contributed by atoms with Gasteiger partial charge in [0.2, 0.25) is 0 Å². The number of halogens is 1. The predicted molar refractivity (Wildman–Crippen MR) is 91.2 cm³/mol. The number of nitrogens with two attached hydrogens (primary N) is 1. The van der Waals surface area contributed by atoms with Gasteiger partial charge in [0, 0.05) is 23.3 Å². The lowest BCUT2D eigenvalue weighted by Gasteiger charge is -2.15. The van der Waals surface area contributed by atoms with Crippen molar-refractivity contribution >= 4 is 43.0 Å². The van der Waals surface area contributed by atoms with Crippen molar-refractivity contribution in [3.8, 4) is 0 Å². The molecular formula is C14H18BrNO3S2. The molecule has 0 heterocycles. The van der Waals surface area contributed by atoms with Crippen molar-refractivity contribution in [2.24, 2.45) is 11.1 Å². The molecule has 0 unspecified atom stereocenters. The number of sulfone groups is 1. The zero-order valence-electron chi connectivity index (χ0n) is 11.9. The first kappa shape index (κ1) is 16.9. The van der Waals surface area contributed by atoms with Gasteiger partial charge in [0.1, 0.15) is 0 Å². The van der Waals surface area contributed by atoms with Gasteiger partial charge in [-0.3, -0.25) is 0 Å². The zero-order chi connectivity index (χ0) is 15.8. The molecule has 4 nitrogen and oxygen atoms in total. The number of benzene rings is 1. The normalized spacial score (nSPS) is 28.3. The van der Waals surface area contributed by atoms with E-state index in [4.69, 9.17) is 22.7 Å². The van der Waals surface area contributed by atoms with E-state index < -0.39 is 20.5 Å². The lowest BCUT2D eigenvalue weighted by atomic mass is 10.00. The Balaban J connectivity index is 2.51. The van der Waals surface area contributed by atoms with Crippen LogP contribution in [0.3, 0.4) is 0 Å². The van der Waals surface area contributed by atoms with E-state index in [0.29, 0.717) is 0 Å². The molecule has 1 aliphatic carbocycles. The summed E-state index contributed by atoms with van der Waals surface area (Å²) < 4.78 is 31.0. The largest absolute Gasteiger partial charge is 0.393 e. The highest BCUT2D eigenvalue weighted by Crippen LogP contribution is 2.63. The van der Waals surface area contributed by atoms with Gasteiger partial charge in [-0.25, -0.2) is 8.42 Å². The molecule has 0 spiro atoms. The Labute approximate surface area is 139 Å². The van der Waals surface area contributed by atoms with Crippen LogP contribution < -0.4 is 5.73 Å². The molecule has 3 atom stereocenters. The number of thiocarbonyl (C=S) groups is 1. The highest BCUT2D eigenvalue weighted by molar-refractivity contribution is 9.10. The van der Waals surface area contributed by atoms with E-state index >= 15 is 0 Å². The maximum atomic E-state index is 12.4. The molecule has 0 saturated heterocycles. The molecule has 0 radical (unpaired) electrons. The molecule has 7 heteroatoms. The maximum absolute atomic E-state index is 12.4. The Bertz CT molecular complexity index is 645. The molecule has 0 aliphatic heterocycles. The quantitative estimate of drug-likeness (QED) is 0.753. The molecular weight excluding hydrogens is 374 g/mol. The Kier molecular flexibility index (Phi) is 4.78. The van der Waals surface area contributed by atoms with E-state index in [2.05, 4.69) is 15.9 Å². The number of hydrogen-bond acceptors (Lipinski definition) is 4. The number of hydrogen-bond donors (Lipinski definition) is 1. The SMILES string of the molecule is CCS(=O)(=O)[C@@H]1[C@H](c2ccc(Br)cc2)[C@]1(COC)C(N)=S. The van der Waals surface area contributed by atoms with E-state index in [1.165, 1.54) is 7.11 Å². The van der Waals surface area contributed by atoms with Gasteiger partial charge < -0.3 is 10.5 Å². The van der Waals surface area contributed by atoms with Crippen molar-refractivity contribution in [3.05, 3.63) is 34.3 Å². The third-order valence-electron chi connectivity index (χ3n) is 4.12. The van der Waals surface area contributed by atoms with Gasteiger partial charge in [-0.05, 0) is 17.7 Å². The Hall–Kier alpha value is -0.500. The topological polar surface area (TPSA) is 69.4 Å². The molecule has 0 amide bonds. The third-order valence-corrected chi connectivity index (χ3v) is 7.30. The van der Waals surface area contributed by atoms with Gasteiger partial charge in [0.25, 0.3) is 0 Å². The van der Waals surface area contributed by atoms with Gasteiger partial charge in [-0.1, -0.05) is 47.2 Å². The predicted octanol–water partition coefficient (Wildman–Crippen LogP) is 2.27. The van der Waals surface area contributed by atoms with Crippen LogP contribution in [0.5, 0.6) is 0 Å². The van der Waals surface area contributed by atoms with Crippen molar-refractivity contribution in [3.63, 3.8) is 0 Å². The summed E-state index contributed by atoms with van der Waals surface area (Å²) in [6, 6.07) is 7.59. The fraction of sp³-hybridized carbons (Fsp3) is 0.500. The van der Waals surface area contributed by atoms with Crippen LogP contribution in [0.1, 0.15) is 18.4 Å². The van der Waals surface area contributed by atoms with Gasteiger partial charge in [-0.2, -0.15) is 0 Å². The molecule has 2 rings (SSSR count). The van der Waals surface area contributed by atoms with E-state index in [1.54, 1.807) is 6.92 Å². The molecule has 1 aromatic rings. The van der Waals surface area contributed by atoms with E-state index in [9.17, 15) is 8.42 Å². The highest BCUT2D eigenvalue weighted by Gasteiger charge is 2.72. The molecule has 0 bridgehead atoms. The van der Waals surface area contributed by atoms with Gasteiger partial charge in [-0.15, -0.1) is 0 Å². The van der Waals surface area contributed by atoms with Crippen LogP contribution in [0.15, 0.2) is 28.7 Å². The Morgan fingerprint density at radius 1 is 1.43 bits per heavy atom. The fourth-order valence-corrected chi connectivity index (χ4v) is 5.76. The summed E-state index contributed by atoms with van der Waals surface area (Å²) in [7, 11) is -1.73. The van der Waals surface area contributed by atoms with Gasteiger partial charge in [0.05, 0.1) is 22.3 Å². The van der Waals surface area contributed by atoms with Gasteiger partial charge >= 0.3 is 0 Å². The Morgan fingerprint density at radius 3 is 2.43 bits per heavy atom. The average Bonchev–Trinajstić information content (AvgIpc) is 3.11. The minimum Gasteiger partial charge on any atom is -0.393 e. The molecule has 0 aromatic heterocycles. The van der Waals surface area contributed by atoms with Crippen molar-refractivity contribution < 1.29 is 13.2 Å².